The maximum absolute atomic E-state index is 13.4. The molecule has 3 rings (SSSR count). The zero-order valence-electron chi connectivity index (χ0n) is 16.9. The van der Waals surface area contributed by atoms with Gasteiger partial charge in [-0.05, 0) is 63.1 Å². The molecule has 0 aliphatic carbocycles. The minimum Gasteiger partial charge on any atom is -0.489 e. The van der Waals surface area contributed by atoms with Crippen LogP contribution in [0.2, 0.25) is 0 Å². The first-order valence-electron chi connectivity index (χ1n) is 9.36. The summed E-state index contributed by atoms with van der Waals surface area (Å²) in [7, 11) is -6.83. The normalized spacial score (nSPS) is 18.6. The summed E-state index contributed by atoms with van der Waals surface area (Å²) in [5, 5.41) is 9.01. The molecule has 2 aromatic rings. The van der Waals surface area contributed by atoms with Gasteiger partial charge in [-0.2, -0.15) is 0 Å². The lowest BCUT2D eigenvalue weighted by Gasteiger charge is -2.11. The third kappa shape index (κ3) is 7.52. The van der Waals surface area contributed by atoms with E-state index in [1.165, 1.54) is 19.1 Å². The predicted molar refractivity (Wildman–Crippen MR) is 123 cm³/mol. The average molecular weight is 602 g/mol. The van der Waals surface area contributed by atoms with Gasteiger partial charge in [0.05, 0.1) is 23.7 Å². The molecule has 31 heavy (non-hydrogen) atoms. The Kier molecular flexibility index (Phi) is 9.09. The van der Waals surface area contributed by atoms with Gasteiger partial charge in [0.1, 0.15) is 21.4 Å². The van der Waals surface area contributed by atoms with E-state index in [1.54, 1.807) is 18.2 Å². The molecule has 172 valence electrons. The number of benzene rings is 2. The molecule has 11 heteroatoms. The predicted octanol–water partition coefficient (Wildman–Crippen LogP) is 4.53. The summed E-state index contributed by atoms with van der Waals surface area (Å²) < 4.78 is 67.4. The number of fused-ring (bicyclic) bond motifs is 1. The standard InChI is InChI=1S/C10H12BrFO3S.C10H11BrO3S/c1-7(13)4-5-16(14,15)10-3-2-8(11)6-9(10)12;1-7-4-5-15(12,13)10-3-2-8(11)6-9(10)14-7/h2-3,6-7,13H,4-5H2,1H3;2-3,6-7H,4-5H2,1H3/t2*7-/m11/s1. The summed E-state index contributed by atoms with van der Waals surface area (Å²) >= 11 is 6.35. The van der Waals surface area contributed by atoms with Gasteiger partial charge in [-0.15, -0.1) is 0 Å². The highest BCUT2D eigenvalue weighted by atomic mass is 79.9. The van der Waals surface area contributed by atoms with Crippen LogP contribution in [0.3, 0.4) is 0 Å². The maximum atomic E-state index is 13.4. The van der Waals surface area contributed by atoms with Gasteiger partial charge in [-0.1, -0.05) is 31.9 Å². The molecule has 0 amide bonds. The van der Waals surface area contributed by atoms with E-state index in [1.807, 2.05) is 6.92 Å². The van der Waals surface area contributed by atoms with Crippen LogP contribution in [0.1, 0.15) is 26.7 Å². The fourth-order valence-electron chi connectivity index (χ4n) is 2.70. The number of hydrogen-bond donors (Lipinski definition) is 1. The van der Waals surface area contributed by atoms with Crippen LogP contribution in [0.5, 0.6) is 5.75 Å². The average Bonchev–Trinajstić information content (AvgIpc) is 2.75. The molecular formula is C20H23Br2FO6S2. The first-order valence-corrected chi connectivity index (χ1v) is 14.3. The third-order valence-corrected chi connectivity index (χ3v) is 8.94. The largest absolute Gasteiger partial charge is 0.489 e. The molecule has 0 aromatic heterocycles. The van der Waals surface area contributed by atoms with Crippen LogP contribution >= 0.6 is 31.9 Å². The second-order valence-electron chi connectivity index (χ2n) is 7.16. The van der Waals surface area contributed by atoms with E-state index in [4.69, 9.17) is 9.84 Å². The Morgan fingerprint density at radius 3 is 2.42 bits per heavy atom. The molecule has 6 nitrogen and oxygen atoms in total. The second-order valence-corrected chi connectivity index (χ2v) is 13.1. The SMILES string of the molecule is C[C@@H](O)CCS(=O)(=O)c1ccc(Br)cc1F.C[C@@H]1CCS(=O)(=O)c2ccc(Br)cc2O1. The lowest BCUT2D eigenvalue weighted by atomic mass is 10.3. The Labute approximate surface area is 198 Å². The molecule has 1 heterocycles. The van der Waals surface area contributed by atoms with E-state index in [9.17, 15) is 21.2 Å². The minimum absolute atomic E-state index is 0.0599. The van der Waals surface area contributed by atoms with E-state index < -0.39 is 31.6 Å². The molecule has 2 aromatic carbocycles. The van der Waals surface area contributed by atoms with Crippen LogP contribution in [0.25, 0.3) is 0 Å². The lowest BCUT2D eigenvalue weighted by Crippen LogP contribution is -2.13. The minimum atomic E-state index is -3.66. The number of sulfone groups is 2. The van der Waals surface area contributed by atoms with Crippen molar-refractivity contribution in [1.82, 2.24) is 0 Å². The zero-order chi connectivity index (χ0) is 23.4. The Balaban J connectivity index is 0.000000220. The Bertz CT molecular complexity index is 1130. The van der Waals surface area contributed by atoms with E-state index in [0.29, 0.717) is 21.5 Å². The molecule has 2 atom stereocenters. The summed E-state index contributed by atoms with van der Waals surface area (Å²) in [5.74, 6) is -0.430. The molecule has 1 aliphatic heterocycles. The van der Waals surface area contributed by atoms with Crippen LogP contribution in [0.4, 0.5) is 4.39 Å². The highest BCUT2D eigenvalue weighted by Crippen LogP contribution is 2.32. The first kappa shape index (κ1) is 26.2. The number of halogens is 3. The highest BCUT2D eigenvalue weighted by Gasteiger charge is 2.26. The molecule has 1 N–H and O–H groups in total. The molecule has 0 saturated carbocycles. The summed E-state index contributed by atoms with van der Waals surface area (Å²) in [5.41, 5.74) is 0. The van der Waals surface area contributed by atoms with Gasteiger partial charge in [0.25, 0.3) is 0 Å². The molecule has 0 spiro atoms. The van der Waals surface area contributed by atoms with Gasteiger partial charge < -0.3 is 9.84 Å². The smallest absolute Gasteiger partial charge is 0.182 e. The van der Waals surface area contributed by atoms with Crippen LogP contribution in [0, 0.1) is 5.82 Å². The van der Waals surface area contributed by atoms with Gasteiger partial charge in [-0.3, -0.25) is 0 Å². The van der Waals surface area contributed by atoms with Crippen molar-refractivity contribution in [2.45, 2.75) is 48.7 Å². The number of rotatable bonds is 4. The van der Waals surface area contributed by atoms with Crippen LogP contribution in [0.15, 0.2) is 55.1 Å². The van der Waals surface area contributed by atoms with E-state index in [2.05, 4.69) is 31.9 Å². The molecule has 1 aliphatic rings. The summed E-state index contributed by atoms with van der Waals surface area (Å²) in [6.07, 6.45) is -0.143. The Morgan fingerprint density at radius 1 is 1.19 bits per heavy atom. The van der Waals surface area contributed by atoms with Crippen molar-refractivity contribution in [3.05, 3.63) is 51.2 Å². The van der Waals surface area contributed by atoms with Crippen LogP contribution in [-0.2, 0) is 19.7 Å². The zero-order valence-corrected chi connectivity index (χ0v) is 21.7. The molecule has 0 radical (unpaired) electrons. The van der Waals surface area contributed by atoms with Gasteiger partial charge in [0.15, 0.2) is 19.7 Å². The van der Waals surface area contributed by atoms with Crippen molar-refractivity contribution in [2.24, 2.45) is 0 Å². The van der Waals surface area contributed by atoms with E-state index in [-0.39, 0.29) is 28.9 Å². The summed E-state index contributed by atoms with van der Waals surface area (Å²) in [6.45, 7) is 3.37. The Morgan fingerprint density at radius 2 is 1.81 bits per heavy atom. The highest BCUT2D eigenvalue weighted by molar-refractivity contribution is 9.10. The lowest BCUT2D eigenvalue weighted by molar-refractivity contribution is 0.191. The number of aliphatic hydroxyl groups is 1. The molecule has 0 fully saturated rings. The van der Waals surface area contributed by atoms with Crippen molar-refractivity contribution in [3.63, 3.8) is 0 Å². The first-order chi connectivity index (χ1) is 14.3. The van der Waals surface area contributed by atoms with Crippen molar-refractivity contribution >= 4 is 51.5 Å². The Hall–Kier alpha value is -1.01. The quantitative estimate of drug-likeness (QED) is 0.553. The van der Waals surface area contributed by atoms with Gasteiger partial charge in [-0.25, -0.2) is 21.2 Å². The van der Waals surface area contributed by atoms with Crippen LogP contribution in [-0.4, -0.2) is 45.7 Å². The van der Waals surface area contributed by atoms with E-state index >= 15 is 0 Å². The van der Waals surface area contributed by atoms with Crippen molar-refractivity contribution in [1.29, 1.82) is 0 Å². The van der Waals surface area contributed by atoms with Gasteiger partial charge in [0, 0.05) is 8.95 Å². The molecule has 0 saturated heterocycles. The van der Waals surface area contributed by atoms with E-state index in [0.717, 1.165) is 10.5 Å². The van der Waals surface area contributed by atoms with Crippen molar-refractivity contribution < 1.29 is 31.1 Å². The fraction of sp³-hybridized carbons (Fsp3) is 0.400. The molecule has 0 bridgehead atoms. The number of hydrogen-bond acceptors (Lipinski definition) is 6. The fourth-order valence-corrected chi connectivity index (χ4v) is 6.43. The molecule has 0 unspecified atom stereocenters. The van der Waals surface area contributed by atoms with Gasteiger partial charge >= 0.3 is 0 Å². The summed E-state index contributed by atoms with van der Waals surface area (Å²) in [4.78, 5) is -0.0219. The van der Waals surface area contributed by atoms with Crippen LogP contribution < -0.4 is 4.74 Å². The molecular weight excluding hydrogens is 579 g/mol. The number of ether oxygens (including phenoxy) is 1. The monoisotopic (exact) mass is 600 g/mol. The van der Waals surface area contributed by atoms with Crippen molar-refractivity contribution in [2.75, 3.05) is 11.5 Å². The summed E-state index contributed by atoms with van der Waals surface area (Å²) in [6, 6.07) is 8.81. The van der Waals surface area contributed by atoms with Gasteiger partial charge in [0.2, 0.25) is 0 Å². The topological polar surface area (TPSA) is 97.7 Å². The third-order valence-electron chi connectivity index (χ3n) is 4.40. The second kappa shape index (κ2) is 10.7. The number of aliphatic hydroxyl groups excluding tert-OH is 1. The van der Waals surface area contributed by atoms with Crippen molar-refractivity contribution in [3.8, 4) is 5.75 Å². The maximum Gasteiger partial charge on any atom is 0.182 e.